The third-order valence-corrected chi connectivity index (χ3v) is 4.66. The highest BCUT2D eigenvalue weighted by Crippen LogP contribution is 2.16. The Kier molecular flexibility index (Phi) is 12.8. The summed E-state index contributed by atoms with van der Waals surface area (Å²) >= 11 is 0. The van der Waals surface area contributed by atoms with Gasteiger partial charge in [-0.1, -0.05) is 51.9 Å². The molecule has 0 spiro atoms. The molecule has 5 heteroatoms. The Balaban J connectivity index is 0.00000484. The molecule has 0 aromatic heterocycles. The van der Waals surface area contributed by atoms with E-state index in [0.29, 0.717) is 24.2 Å². The highest BCUT2D eigenvalue weighted by molar-refractivity contribution is 5.70. The molecule has 1 fully saturated rings. The van der Waals surface area contributed by atoms with Crippen molar-refractivity contribution in [3.05, 3.63) is 0 Å². The van der Waals surface area contributed by atoms with Gasteiger partial charge in [-0.15, -0.1) is 0 Å². The zero-order valence-corrected chi connectivity index (χ0v) is 15.8. The number of nitrogens with zero attached hydrogens (tertiary/aromatic N) is 1. The van der Waals surface area contributed by atoms with Crippen molar-refractivity contribution in [2.75, 3.05) is 33.3 Å². The lowest BCUT2D eigenvalue weighted by molar-refractivity contribution is -0.910. The molecule has 2 unspecified atom stereocenters. The third-order valence-electron chi connectivity index (χ3n) is 4.66. The van der Waals surface area contributed by atoms with Crippen LogP contribution in [0, 0.1) is 0 Å². The minimum Gasteiger partial charge on any atom is -1.00 e. The second kappa shape index (κ2) is 13.0. The summed E-state index contributed by atoms with van der Waals surface area (Å²) in [5, 5.41) is 9.74. The minimum atomic E-state index is -0.265. The van der Waals surface area contributed by atoms with Crippen molar-refractivity contribution < 1.29 is 31.5 Å². The highest BCUT2D eigenvalue weighted by Gasteiger charge is 2.32. The minimum absolute atomic E-state index is 0. The number of aliphatic hydroxyl groups excluding tert-OH is 1. The van der Waals surface area contributed by atoms with Gasteiger partial charge in [0.1, 0.15) is 12.6 Å². The number of esters is 1. The molecular formula is C18H36ClNO3. The van der Waals surface area contributed by atoms with E-state index in [1.165, 1.54) is 38.5 Å². The summed E-state index contributed by atoms with van der Waals surface area (Å²) in [6.07, 6.45) is 11.6. The lowest BCUT2D eigenvalue weighted by Gasteiger charge is -2.38. The summed E-state index contributed by atoms with van der Waals surface area (Å²) in [6, 6.07) is 0. The van der Waals surface area contributed by atoms with Crippen LogP contribution >= 0.6 is 0 Å². The maximum absolute atomic E-state index is 11.9. The van der Waals surface area contributed by atoms with Crippen molar-refractivity contribution >= 4 is 5.97 Å². The van der Waals surface area contributed by atoms with Crippen molar-refractivity contribution in [2.24, 2.45) is 0 Å². The van der Waals surface area contributed by atoms with E-state index in [-0.39, 0.29) is 24.5 Å². The standard InChI is InChI=1S/C18H36NO3.ClH/c1-3-4-5-6-7-8-9-10-14-22-18(21)16-19(2)13-11-12-17(20)15-19;/h17,20H,3-16H2,1-2H3;1H/q+1;/p-1. The van der Waals surface area contributed by atoms with E-state index in [2.05, 4.69) is 6.92 Å². The average Bonchev–Trinajstić information content (AvgIpc) is 2.44. The number of halogens is 1. The van der Waals surface area contributed by atoms with Gasteiger partial charge in [0.25, 0.3) is 0 Å². The fraction of sp³-hybridized carbons (Fsp3) is 0.944. The van der Waals surface area contributed by atoms with E-state index in [0.717, 1.165) is 32.2 Å². The average molecular weight is 350 g/mol. The number of rotatable bonds is 11. The maximum atomic E-state index is 11.9. The second-order valence-electron chi connectivity index (χ2n) is 7.18. The normalized spacial score (nSPS) is 24.0. The zero-order valence-electron chi connectivity index (χ0n) is 15.1. The Bertz CT molecular complexity index is 315. The first-order valence-electron chi connectivity index (χ1n) is 9.23. The molecule has 0 saturated carbocycles. The molecule has 1 saturated heterocycles. The van der Waals surface area contributed by atoms with Gasteiger partial charge in [-0.25, -0.2) is 4.79 Å². The Hall–Kier alpha value is -0.320. The Labute approximate surface area is 148 Å². The predicted molar refractivity (Wildman–Crippen MR) is 89.6 cm³/mol. The van der Waals surface area contributed by atoms with E-state index >= 15 is 0 Å². The van der Waals surface area contributed by atoms with Gasteiger partial charge in [-0.3, -0.25) is 0 Å². The van der Waals surface area contributed by atoms with Crippen LogP contribution in [0.2, 0.25) is 0 Å². The molecule has 2 atom stereocenters. The fourth-order valence-electron chi connectivity index (χ4n) is 3.32. The molecule has 4 nitrogen and oxygen atoms in total. The maximum Gasteiger partial charge on any atom is 0.361 e. The predicted octanol–water partition coefficient (Wildman–Crippen LogP) is 0.276. The molecule has 1 rings (SSSR count). The number of ether oxygens (including phenoxy) is 1. The molecule has 0 amide bonds. The van der Waals surface area contributed by atoms with Crippen LogP contribution in [0.1, 0.15) is 71.1 Å². The van der Waals surface area contributed by atoms with E-state index in [1.807, 2.05) is 7.05 Å². The number of carbonyl (C=O) groups excluding carboxylic acids is 1. The van der Waals surface area contributed by atoms with Crippen molar-refractivity contribution in [2.45, 2.75) is 77.2 Å². The van der Waals surface area contributed by atoms with Gasteiger partial charge in [-0.05, 0) is 19.3 Å². The van der Waals surface area contributed by atoms with Gasteiger partial charge in [0.15, 0.2) is 6.54 Å². The molecule has 0 aromatic carbocycles. The molecule has 0 radical (unpaired) electrons. The van der Waals surface area contributed by atoms with E-state index in [9.17, 15) is 9.90 Å². The second-order valence-corrected chi connectivity index (χ2v) is 7.18. The third kappa shape index (κ3) is 11.0. The van der Waals surface area contributed by atoms with Gasteiger partial charge in [-0.2, -0.15) is 0 Å². The number of piperidine rings is 1. The number of likely N-dealkylation sites (tertiary alicyclic amines) is 1. The van der Waals surface area contributed by atoms with Crippen LogP contribution in [0.5, 0.6) is 0 Å². The fourth-order valence-corrected chi connectivity index (χ4v) is 3.32. The lowest BCUT2D eigenvalue weighted by Crippen LogP contribution is -3.00. The first-order chi connectivity index (χ1) is 10.6. The topological polar surface area (TPSA) is 46.5 Å². The summed E-state index contributed by atoms with van der Waals surface area (Å²) < 4.78 is 5.98. The van der Waals surface area contributed by atoms with Crippen molar-refractivity contribution in [3.63, 3.8) is 0 Å². The number of carbonyl (C=O) groups is 1. The largest absolute Gasteiger partial charge is 1.00 e. The molecule has 138 valence electrons. The number of aliphatic hydroxyl groups is 1. The van der Waals surface area contributed by atoms with Crippen molar-refractivity contribution in [1.82, 2.24) is 0 Å². The van der Waals surface area contributed by atoms with Crippen LogP contribution in [-0.2, 0) is 9.53 Å². The number of hydrogen-bond donors (Lipinski definition) is 1. The van der Waals surface area contributed by atoms with Gasteiger partial charge >= 0.3 is 5.97 Å². The summed E-state index contributed by atoms with van der Waals surface area (Å²) in [7, 11) is 2.04. The summed E-state index contributed by atoms with van der Waals surface area (Å²) in [5.74, 6) is -0.112. The molecule has 1 aliphatic heterocycles. The van der Waals surface area contributed by atoms with Gasteiger partial charge in [0.2, 0.25) is 0 Å². The van der Waals surface area contributed by atoms with Crippen LogP contribution < -0.4 is 12.4 Å². The summed E-state index contributed by atoms with van der Waals surface area (Å²) in [6.45, 7) is 4.82. The van der Waals surface area contributed by atoms with Crippen LogP contribution in [0.4, 0.5) is 0 Å². The lowest BCUT2D eigenvalue weighted by atomic mass is 10.1. The zero-order chi connectivity index (χ0) is 16.3. The molecule has 23 heavy (non-hydrogen) atoms. The molecule has 1 aliphatic rings. The highest BCUT2D eigenvalue weighted by atomic mass is 35.5. The molecule has 0 bridgehead atoms. The van der Waals surface area contributed by atoms with Crippen molar-refractivity contribution in [3.8, 4) is 0 Å². The Morgan fingerprint density at radius 2 is 1.74 bits per heavy atom. The van der Waals surface area contributed by atoms with E-state index < -0.39 is 0 Å². The molecule has 1 heterocycles. The van der Waals surface area contributed by atoms with Crippen LogP contribution in [-0.4, -0.2) is 55.0 Å². The van der Waals surface area contributed by atoms with Gasteiger partial charge in [0.05, 0.1) is 20.2 Å². The molecular weight excluding hydrogens is 314 g/mol. The first-order valence-corrected chi connectivity index (χ1v) is 9.23. The van der Waals surface area contributed by atoms with Crippen LogP contribution in [0.3, 0.4) is 0 Å². The number of unbranched alkanes of at least 4 members (excludes halogenated alkanes) is 7. The number of hydrogen-bond acceptors (Lipinski definition) is 3. The van der Waals surface area contributed by atoms with Gasteiger partial charge in [0, 0.05) is 0 Å². The van der Waals surface area contributed by atoms with Crippen molar-refractivity contribution in [1.29, 1.82) is 0 Å². The molecule has 0 aliphatic carbocycles. The van der Waals surface area contributed by atoms with Crippen LogP contribution in [0.25, 0.3) is 0 Å². The number of quaternary nitrogens is 1. The summed E-state index contributed by atoms with van der Waals surface area (Å²) in [5.41, 5.74) is 0. The quantitative estimate of drug-likeness (QED) is 0.331. The monoisotopic (exact) mass is 349 g/mol. The Morgan fingerprint density at radius 1 is 1.13 bits per heavy atom. The Morgan fingerprint density at radius 3 is 2.35 bits per heavy atom. The van der Waals surface area contributed by atoms with Gasteiger partial charge < -0.3 is 26.7 Å². The number of likely N-dealkylation sites (N-methyl/N-ethyl adjacent to an activating group) is 1. The molecule has 0 aromatic rings. The molecule has 1 N–H and O–H groups in total. The van der Waals surface area contributed by atoms with Crippen LogP contribution in [0.15, 0.2) is 0 Å². The smallest absolute Gasteiger partial charge is 0.361 e. The SMILES string of the molecule is CCCCCCCCCCOC(=O)C[N+]1(C)CCCC(O)C1.[Cl-]. The summed E-state index contributed by atoms with van der Waals surface area (Å²) in [4.78, 5) is 11.9. The van der Waals surface area contributed by atoms with E-state index in [4.69, 9.17) is 4.74 Å². The van der Waals surface area contributed by atoms with E-state index in [1.54, 1.807) is 0 Å². The first kappa shape index (κ1) is 22.7.